The van der Waals surface area contributed by atoms with Gasteiger partial charge in [-0.05, 0) is 102 Å². The van der Waals surface area contributed by atoms with E-state index >= 15 is 0 Å². The van der Waals surface area contributed by atoms with Crippen LogP contribution in [0.3, 0.4) is 0 Å². The van der Waals surface area contributed by atoms with Crippen molar-refractivity contribution in [1.82, 2.24) is 9.97 Å². The van der Waals surface area contributed by atoms with E-state index < -0.39 is 5.41 Å². The average Bonchev–Trinajstić information content (AvgIpc) is 3.76. The van der Waals surface area contributed by atoms with Crippen LogP contribution in [0.25, 0.3) is 78.1 Å². The molecule has 0 bridgehead atoms. The standard InChI is InChI=1S/C60H42N2/c1-59(2)52-32-18-30-49(57(52)50-35-40-21-12-13-22-41(40)36-53(50)59)45-27-14-15-29-48(45)56-38-55(61-58(62-56)39-19-6-3-7-20-39)42-33-34-47-46-28-16-17-31-51(46)60(54(47)37-42,43-23-8-4-9-24-43)44-25-10-5-11-26-44/h3-38H,1-2H3. The van der Waals surface area contributed by atoms with Crippen LogP contribution in [0.5, 0.6) is 0 Å². The first-order chi connectivity index (χ1) is 30.5. The van der Waals surface area contributed by atoms with Crippen LogP contribution in [0, 0.1) is 0 Å². The molecule has 12 rings (SSSR count). The summed E-state index contributed by atoms with van der Waals surface area (Å²) >= 11 is 0. The lowest BCUT2D eigenvalue weighted by Gasteiger charge is -2.34. The van der Waals surface area contributed by atoms with Crippen LogP contribution in [-0.2, 0) is 10.8 Å². The monoisotopic (exact) mass is 790 g/mol. The quantitative estimate of drug-likeness (QED) is 0.168. The molecule has 0 saturated heterocycles. The number of benzene rings is 9. The Labute approximate surface area is 362 Å². The molecule has 0 saturated carbocycles. The fourth-order valence-corrected chi connectivity index (χ4v) is 10.7. The number of aromatic nitrogens is 2. The summed E-state index contributed by atoms with van der Waals surface area (Å²) in [6.07, 6.45) is 0. The summed E-state index contributed by atoms with van der Waals surface area (Å²) in [7, 11) is 0. The second kappa shape index (κ2) is 13.9. The Bertz CT molecular complexity index is 3330. The third-order valence-electron chi connectivity index (χ3n) is 13.6. The number of nitrogens with zero attached hydrogens (tertiary/aromatic N) is 2. The Kier molecular flexibility index (Phi) is 8.14. The predicted molar refractivity (Wildman–Crippen MR) is 256 cm³/mol. The average molecular weight is 791 g/mol. The smallest absolute Gasteiger partial charge is 0.160 e. The fourth-order valence-electron chi connectivity index (χ4n) is 10.7. The largest absolute Gasteiger partial charge is 0.228 e. The maximum absolute atomic E-state index is 5.41. The zero-order valence-electron chi connectivity index (χ0n) is 34.7. The van der Waals surface area contributed by atoms with Crippen LogP contribution < -0.4 is 0 Å². The van der Waals surface area contributed by atoms with Gasteiger partial charge in [-0.2, -0.15) is 0 Å². The second-order valence-electron chi connectivity index (χ2n) is 17.3. The molecular weight excluding hydrogens is 749 g/mol. The molecule has 0 N–H and O–H groups in total. The molecule has 2 aliphatic rings. The first kappa shape index (κ1) is 36.2. The summed E-state index contributed by atoms with van der Waals surface area (Å²) in [5.41, 5.74) is 19.4. The minimum absolute atomic E-state index is 0.149. The third kappa shape index (κ3) is 5.36. The van der Waals surface area contributed by atoms with Crippen molar-refractivity contribution in [2.75, 3.05) is 0 Å². The molecule has 9 aromatic carbocycles. The van der Waals surface area contributed by atoms with Crippen LogP contribution in [0.2, 0.25) is 0 Å². The van der Waals surface area contributed by atoms with Gasteiger partial charge in [-0.3, -0.25) is 0 Å². The van der Waals surface area contributed by atoms with Crippen LogP contribution in [0.1, 0.15) is 47.2 Å². The zero-order chi connectivity index (χ0) is 41.4. The lowest BCUT2D eigenvalue weighted by molar-refractivity contribution is 0.661. The van der Waals surface area contributed by atoms with Crippen molar-refractivity contribution in [1.29, 1.82) is 0 Å². The van der Waals surface area contributed by atoms with E-state index in [1.54, 1.807) is 0 Å². The van der Waals surface area contributed by atoms with Crippen LogP contribution in [0.15, 0.2) is 218 Å². The highest BCUT2D eigenvalue weighted by Crippen LogP contribution is 2.57. The molecule has 292 valence electrons. The van der Waals surface area contributed by atoms with E-state index in [2.05, 4.69) is 226 Å². The second-order valence-corrected chi connectivity index (χ2v) is 17.3. The highest BCUT2D eigenvalue weighted by Gasteiger charge is 2.46. The molecule has 0 fully saturated rings. The highest BCUT2D eigenvalue weighted by molar-refractivity contribution is 6.01. The molecule has 2 nitrogen and oxygen atoms in total. The van der Waals surface area contributed by atoms with Gasteiger partial charge in [0.1, 0.15) is 0 Å². The SMILES string of the molecule is CC1(C)c2cc3ccccc3cc2-c2c(-c3ccccc3-c3cc(-c4ccc5c(c4)C(c4ccccc4)(c4ccccc4)c4ccccc4-5)nc(-c4ccccc4)n3)cccc21. The van der Waals surface area contributed by atoms with E-state index in [4.69, 9.17) is 9.97 Å². The Morgan fingerprint density at radius 3 is 1.60 bits per heavy atom. The van der Waals surface area contributed by atoms with Crippen LogP contribution in [-0.4, -0.2) is 9.97 Å². The number of hydrogen-bond acceptors (Lipinski definition) is 2. The van der Waals surface area contributed by atoms with Crippen molar-refractivity contribution >= 4 is 10.8 Å². The minimum Gasteiger partial charge on any atom is -0.228 e. The van der Waals surface area contributed by atoms with E-state index in [1.165, 1.54) is 72.0 Å². The van der Waals surface area contributed by atoms with E-state index in [0.717, 1.165) is 33.6 Å². The molecule has 2 aliphatic carbocycles. The van der Waals surface area contributed by atoms with Crippen LogP contribution in [0.4, 0.5) is 0 Å². The molecule has 0 spiro atoms. The predicted octanol–water partition coefficient (Wildman–Crippen LogP) is 15.0. The van der Waals surface area contributed by atoms with Gasteiger partial charge in [0.2, 0.25) is 0 Å². The molecule has 1 heterocycles. The zero-order valence-corrected chi connectivity index (χ0v) is 34.7. The van der Waals surface area contributed by atoms with Gasteiger partial charge in [0.25, 0.3) is 0 Å². The van der Waals surface area contributed by atoms with Crippen molar-refractivity contribution in [2.45, 2.75) is 24.7 Å². The summed E-state index contributed by atoms with van der Waals surface area (Å²) in [5.74, 6) is 0.699. The summed E-state index contributed by atoms with van der Waals surface area (Å²) in [5, 5.41) is 2.53. The fraction of sp³-hybridized carbons (Fsp3) is 0.0667. The van der Waals surface area contributed by atoms with Gasteiger partial charge in [0.15, 0.2) is 5.82 Å². The van der Waals surface area contributed by atoms with Crippen molar-refractivity contribution < 1.29 is 0 Å². The Balaban J connectivity index is 1.08. The first-order valence-electron chi connectivity index (χ1n) is 21.6. The lowest BCUT2D eigenvalue weighted by atomic mass is 9.67. The van der Waals surface area contributed by atoms with Gasteiger partial charge in [-0.15, -0.1) is 0 Å². The number of rotatable bonds is 6. The van der Waals surface area contributed by atoms with Gasteiger partial charge in [-0.1, -0.05) is 208 Å². The van der Waals surface area contributed by atoms with Crippen molar-refractivity contribution in [3.05, 3.63) is 252 Å². The van der Waals surface area contributed by atoms with E-state index in [-0.39, 0.29) is 5.41 Å². The molecule has 0 radical (unpaired) electrons. The van der Waals surface area contributed by atoms with Gasteiger partial charge in [0.05, 0.1) is 16.8 Å². The minimum atomic E-state index is -0.516. The van der Waals surface area contributed by atoms with Gasteiger partial charge < -0.3 is 0 Å². The molecule has 0 amide bonds. The maximum atomic E-state index is 5.41. The van der Waals surface area contributed by atoms with Gasteiger partial charge in [0, 0.05) is 22.1 Å². The summed E-state index contributed by atoms with van der Waals surface area (Å²) in [6.45, 7) is 4.73. The summed E-state index contributed by atoms with van der Waals surface area (Å²) in [4.78, 5) is 10.8. The Morgan fingerprint density at radius 2 is 0.871 bits per heavy atom. The molecular formula is C60H42N2. The summed E-state index contributed by atoms with van der Waals surface area (Å²) in [6, 6.07) is 79.6. The topological polar surface area (TPSA) is 25.8 Å². The van der Waals surface area contributed by atoms with E-state index in [1.807, 2.05) is 6.07 Å². The van der Waals surface area contributed by atoms with E-state index in [9.17, 15) is 0 Å². The summed E-state index contributed by atoms with van der Waals surface area (Å²) < 4.78 is 0. The lowest BCUT2D eigenvalue weighted by Crippen LogP contribution is -2.28. The molecule has 0 aliphatic heterocycles. The first-order valence-corrected chi connectivity index (χ1v) is 21.6. The van der Waals surface area contributed by atoms with Crippen LogP contribution >= 0.6 is 0 Å². The Morgan fingerprint density at radius 1 is 0.323 bits per heavy atom. The number of fused-ring (bicyclic) bond motifs is 7. The molecule has 10 aromatic rings. The number of hydrogen-bond donors (Lipinski definition) is 0. The third-order valence-corrected chi connectivity index (χ3v) is 13.6. The molecule has 0 atom stereocenters. The van der Waals surface area contributed by atoms with Gasteiger partial charge >= 0.3 is 0 Å². The van der Waals surface area contributed by atoms with E-state index in [0.29, 0.717) is 5.82 Å². The normalized spacial score (nSPS) is 13.9. The Hall–Kier alpha value is -7.68. The molecule has 62 heavy (non-hydrogen) atoms. The van der Waals surface area contributed by atoms with Crippen molar-refractivity contribution in [2.24, 2.45) is 0 Å². The highest BCUT2D eigenvalue weighted by atomic mass is 14.9. The molecule has 0 unspecified atom stereocenters. The van der Waals surface area contributed by atoms with Gasteiger partial charge in [-0.25, -0.2) is 9.97 Å². The molecule has 2 heteroatoms. The molecule has 1 aromatic heterocycles. The maximum Gasteiger partial charge on any atom is 0.160 e. The van der Waals surface area contributed by atoms with Crippen molar-refractivity contribution in [3.8, 4) is 67.3 Å². The van der Waals surface area contributed by atoms with Crippen molar-refractivity contribution in [3.63, 3.8) is 0 Å².